The molecule has 506 valence electrons. The highest BCUT2D eigenvalue weighted by Crippen LogP contribution is 2.38. The van der Waals surface area contributed by atoms with Gasteiger partial charge in [-0.2, -0.15) is 0 Å². The Morgan fingerprint density at radius 1 is 0.364 bits per heavy atom. The van der Waals surface area contributed by atoms with E-state index in [1.165, 1.54) is 186 Å². The van der Waals surface area contributed by atoms with Crippen molar-refractivity contribution in [2.75, 3.05) is 47.5 Å². The Bertz CT molecular complexity index is 1900. The van der Waals surface area contributed by atoms with Crippen LogP contribution in [0, 0.1) is 0 Å². The van der Waals surface area contributed by atoms with Crippen molar-refractivity contribution in [2.24, 2.45) is 0 Å². The Morgan fingerprint density at radius 2 is 0.648 bits per heavy atom. The van der Waals surface area contributed by atoms with Crippen LogP contribution >= 0.6 is 7.82 Å². The molecule has 0 aromatic rings. The highest BCUT2D eigenvalue weighted by Gasteiger charge is 2.22. The van der Waals surface area contributed by atoms with Gasteiger partial charge in [0, 0.05) is 12.8 Å². The lowest BCUT2D eigenvalue weighted by atomic mass is 10.0. The quantitative estimate of drug-likeness (QED) is 0.0195. The van der Waals surface area contributed by atoms with Crippen molar-refractivity contribution in [1.82, 2.24) is 0 Å². The van der Waals surface area contributed by atoms with Gasteiger partial charge in [-0.1, -0.05) is 309 Å². The molecule has 0 spiro atoms. The fourth-order valence-electron chi connectivity index (χ4n) is 9.94. The Morgan fingerprint density at radius 3 is 0.989 bits per heavy atom. The van der Waals surface area contributed by atoms with Crippen LogP contribution in [0.4, 0.5) is 0 Å². The molecule has 0 fully saturated rings. The number of rotatable bonds is 66. The zero-order valence-corrected chi connectivity index (χ0v) is 58.5. The van der Waals surface area contributed by atoms with Gasteiger partial charge in [-0.05, 0) is 109 Å². The van der Waals surface area contributed by atoms with Crippen molar-refractivity contribution >= 4 is 19.8 Å². The first-order valence-electron chi connectivity index (χ1n) is 36.2. The first-order chi connectivity index (χ1) is 43.0. The van der Waals surface area contributed by atoms with Crippen LogP contribution in [0.25, 0.3) is 0 Å². The summed E-state index contributed by atoms with van der Waals surface area (Å²) in [6.45, 7) is 4.08. The fraction of sp³-hybridized carbons (Fsp3) is 0.718. The number of allylic oxidation sites excluding steroid dienone is 20. The van der Waals surface area contributed by atoms with Crippen LogP contribution in [0.3, 0.4) is 0 Å². The number of likely N-dealkylation sites (N-methyl/N-ethyl adjacent to an activating group) is 1. The molecule has 0 aliphatic heterocycles. The van der Waals surface area contributed by atoms with Crippen molar-refractivity contribution in [1.29, 1.82) is 0 Å². The van der Waals surface area contributed by atoms with E-state index in [9.17, 15) is 19.0 Å². The number of carbonyl (C=O) groups is 2. The molecule has 10 heteroatoms. The molecule has 9 nitrogen and oxygen atoms in total. The molecule has 0 aromatic carbocycles. The molecule has 0 radical (unpaired) electrons. The van der Waals surface area contributed by atoms with Crippen molar-refractivity contribution in [3.8, 4) is 0 Å². The second kappa shape index (κ2) is 67.8. The van der Waals surface area contributed by atoms with Gasteiger partial charge in [-0.15, -0.1) is 0 Å². The molecule has 0 amide bonds. The van der Waals surface area contributed by atoms with Crippen LogP contribution in [0.1, 0.15) is 309 Å². The molecule has 0 bridgehead atoms. The van der Waals surface area contributed by atoms with Crippen molar-refractivity contribution < 1.29 is 42.1 Å². The lowest BCUT2D eigenvalue weighted by Crippen LogP contribution is -2.37. The standard InChI is InChI=1S/C78H136NO8P/c1-6-8-10-12-14-16-18-20-22-24-26-28-30-32-34-35-36-37-38-39-40-41-42-43-45-46-48-50-52-54-56-58-60-62-64-66-68-70-77(80)84-74-76(75-86-88(82,83)85-73-72-79(3,4)5)87-78(81)71-69-67-65-63-61-59-57-55-53-51-49-47-44-33-31-29-27-25-23-21-19-17-15-13-11-9-7-2/h9,11,15,17-18,20-21,23-24,26-27,29,33,44,49,51,55,57,61,63,76H,6-8,10,12-14,16,19,22,25,28,30-32,34-43,45-48,50,52-54,56,58-60,62,64-75H2,1-5H3/b11-9-,17-15-,20-18-,23-21-,26-24-,29-27-,44-33-,51-49-,57-55-,63-61-. The second-order valence-corrected chi connectivity index (χ2v) is 26.6. The summed E-state index contributed by atoms with van der Waals surface area (Å²) >= 11 is 0. The SMILES string of the molecule is CC/C=C\C/C=C\C/C=C\C/C=C\C/C=C\C/C=C\C/C=C\C/C=C\CCCCC(=O)OC(COC(=O)CCCCCCCCCCCCCCCCCCCCCCCCCCC/C=C\C/C=C\CCCCCCC)COP(=O)([O-])OCC[N+](C)(C)C. The largest absolute Gasteiger partial charge is 0.756 e. The van der Waals surface area contributed by atoms with Crippen LogP contribution in [-0.2, 0) is 32.7 Å². The molecule has 0 aliphatic rings. The van der Waals surface area contributed by atoms with Gasteiger partial charge < -0.3 is 27.9 Å². The van der Waals surface area contributed by atoms with E-state index >= 15 is 0 Å². The Labute approximate surface area is 543 Å². The molecular weight excluding hydrogens is 1110 g/mol. The number of ether oxygens (including phenoxy) is 2. The smallest absolute Gasteiger partial charge is 0.306 e. The molecular formula is C78H136NO8P. The number of carbonyl (C=O) groups excluding carboxylic acids is 2. The van der Waals surface area contributed by atoms with Crippen LogP contribution < -0.4 is 4.89 Å². The molecule has 0 aromatic heterocycles. The van der Waals surface area contributed by atoms with Gasteiger partial charge in [0.25, 0.3) is 7.82 Å². The zero-order chi connectivity index (χ0) is 64.1. The van der Waals surface area contributed by atoms with Gasteiger partial charge >= 0.3 is 11.9 Å². The fourth-order valence-corrected chi connectivity index (χ4v) is 10.7. The van der Waals surface area contributed by atoms with Crippen molar-refractivity contribution in [3.05, 3.63) is 122 Å². The average Bonchev–Trinajstić information content (AvgIpc) is 3.60. The van der Waals surface area contributed by atoms with Gasteiger partial charge in [0.05, 0.1) is 27.7 Å². The summed E-state index contributed by atoms with van der Waals surface area (Å²) in [4.78, 5) is 38.0. The second-order valence-electron chi connectivity index (χ2n) is 25.2. The maximum atomic E-state index is 12.8. The minimum atomic E-state index is -4.66. The maximum absolute atomic E-state index is 12.8. The van der Waals surface area contributed by atoms with Crippen LogP contribution in [0.5, 0.6) is 0 Å². The number of hydrogen-bond acceptors (Lipinski definition) is 8. The summed E-state index contributed by atoms with van der Waals surface area (Å²) in [5, 5.41) is 0. The summed E-state index contributed by atoms with van der Waals surface area (Å²) in [7, 11) is 1.13. The molecule has 0 saturated heterocycles. The zero-order valence-electron chi connectivity index (χ0n) is 57.6. The number of esters is 2. The summed E-state index contributed by atoms with van der Waals surface area (Å²) < 4.78 is 34.3. The Hall–Kier alpha value is -3.59. The predicted molar refractivity (Wildman–Crippen MR) is 378 cm³/mol. The topological polar surface area (TPSA) is 111 Å². The molecule has 2 unspecified atom stereocenters. The molecule has 88 heavy (non-hydrogen) atoms. The van der Waals surface area contributed by atoms with Gasteiger partial charge in [0.1, 0.15) is 19.8 Å². The van der Waals surface area contributed by atoms with Gasteiger partial charge in [0.2, 0.25) is 0 Å². The van der Waals surface area contributed by atoms with E-state index in [4.69, 9.17) is 18.5 Å². The van der Waals surface area contributed by atoms with E-state index in [1.54, 1.807) is 0 Å². The third kappa shape index (κ3) is 71.5. The number of nitrogens with zero attached hydrogens (tertiary/aromatic N) is 1. The van der Waals surface area contributed by atoms with Crippen molar-refractivity contribution in [3.63, 3.8) is 0 Å². The van der Waals surface area contributed by atoms with E-state index in [-0.39, 0.29) is 26.1 Å². The molecule has 0 aliphatic carbocycles. The molecule has 0 saturated carbocycles. The third-order valence-electron chi connectivity index (χ3n) is 15.5. The van der Waals surface area contributed by atoms with E-state index in [0.29, 0.717) is 17.4 Å². The molecule has 0 heterocycles. The predicted octanol–water partition coefficient (Wildman–Crippen LogP) is 23.2. The summed E-state index contributed by atoms with van der Waals surface area (Å²) in [5.74, 6) is -0.882. The van der Waals surface area contributed by atoms with E-state index in [1.807, 2.05) is 21.1 Å². The summed E-state index contributed by atoms with van der Waals surface area (Å²) in [6, 6.07) is 0. The molecule has 2 atom stereocenters. The summed E-state index contributed by atoms with van der Waals surface area (Å²) in [5.41, 5.74) is 0. The highest BCUT2D eigenvalue weighted by molar-refractivity contribution is 7.45. The number of phosphoric ester groups is 1. The van der Waals surface area contributed by atoms with Crippen LogP contribution in [-0.4, -0.2) is 70.0 Å². The number of phosphoric acid groups is 1. The van der Waals surface area contributed by atoms with Crippen LogP contribution in [0.2, 0.25) is 0 Å². The Kier molecular flexibility index (Phi) is 65.0. The number of hydrogen-bond donors (Lipinski definition) is 0. The lowest BCUT2D eigenvalue weighted by molar-refractivity contribution is -0.870. The molecule has 0 N–H and O–H groups in total. The monoisotopic (exact) mass is 1250 g/mol. The first kappa shape index (κ1) is 84.4. The van der Waals surface area contributed by atoms with Gasteiger partial charge in [-0.3, -0.25) is 14.2 Å². The average molecular weight is 1250 g/mol. The minimum Gasteiger partial charge on any atom is -0.756 e. The Balaban J connectivity index is 4.05. The van der Waals surface area contributed by atoms with E-state index in [0.717, 1.165) is 89.9 Å². The van der Waals surface area contributed by atoms with E-state index in [2.05, 4.69) is 135 Å². The van der Waals surface area contributed by atoms with E-state index < -0.39 is 32.5 Å². The normalized spacial score (nSPS) is 13.8. The minimum absolute atomic E-state index is 0.0444. The number of unbranched alkanes of at least 4 members (excludes halogenated alkanes) is 32. The molecule has 0 rings (SSSR count). The summed E-state index contributed by atoms with van der Waals surface area (Å²) in [6.07, 6.45) is 97.3. The van der Waals surface area contributed by atoms with Crippen LogP contribution in [0.15, 0.2) is 122 Å². The van der Waals surface area contributed by atoms with Gasteiger partial charge in [0.15, 0.2) is 6.10 Å². The lowest BCUT2D eigenvalue weighted by Gasteiger charge is -2.28. The van der Waals surface area contributed by atoms with Gasteiger partial charge in [-0.25, -0.2) is 0 Å². The third-order valence-corrected chi connectivity index (χ3v) is 16.4. The van der Waals surface area contributed by atoms with Crippen molar-refractivity contribution in [2.45, 2.75) is 315 Å². The number of quaternary nitrogens is 1. The highest BCUT2D eigenvalue weighted by atomic mass is 31.2. The maximum Gasteiger partial charge on any atom is 0.306 e. The first-order valence-corrected chi connectivity index (χ1v) is 37.7.